The number of fused-ring (bicyclic) bond motifs is 2. The van der Waals surface area contributed by atoms with E-state index < -0.39 is 6.09 Å². The van der Waals surface area contributed by atoms with E-state index in [0.29, 0.717) is 17.9 Å². The molecule has 0 aliphatic carbocycles. The van der Waals surface area contributed by atoms with Crippen molar-refractivity contribution < 1.29 is 19.1 Å². The number of hydrogen-bond donors (Lipinski definition) is 1. The molecule has 4 rings (SSSR count). The van der Waals surface area contributed by atoms with Gasteiger partial charge in [0.1, 0.15) is 6.54 Å². The van der Waals surface area contributed by atoms with E-state index in [1.807, 2.05) is 36.4 Å². The lowest BCUT2D eigenvalue weighted by molar-refractivity contribution is -0.129. The molecule has 0 atom stereocenters. The molecule has 0 aromatic heterocycles. The molecule has 2 aromatic rings. The second-order valence-corrected chi connectivity index (χ2v) is 7.17. The van der Waals surface area contributed by atoms with E-state index in [1.54, 1.807) is 24.0 Å². The third-order valence-corrected chi connectivity index (χ3v) is 5.22. The Kier molecular flexibility index (Phi) is 5.52. The predicted octanol–water partition coefficient (Wildman–Crippen LogP) is 3.42. The minimum atomic E-state index is -0.543. The molecule has 0 bridgehead atoms. The van der Waals surface area contributed by atoms with E-state index in [1.165, 1.54) is 11.0 Å². The summed E-state index contributed by atoms with van der Waals surface area (Å²) in [5, 5.41) is 2.70. The fourth-order valence-corrected chi connectivity index (χ4v) is 3.81. The van der Waals surface area contributed by atoms with Crippen molar-refractivity contribution in [3.8, 4) is 0 Å². The Hall–Kier alpha value is -3.61. The lowest BCUT2D eigenvalue weighted by atomic mass is 10.0. The minimum absolute atomic E-state index is 0.0187. The molecule has 154 valence electrons. The third-order valence-electron chi connectivity index (χ3n) is 5.22. The van der Waals surface area contributed by atoms with Crippen LogP contribution in [0.5, 0.6) is 0 Å². The summed E-state index contributed by atoms with van der Waals surface area (Å²) >= 11 is 0. The van der Waals surface area contributed by atoms with Crippen LogP contribution in [-0.2, 0) is 27.2 Å². The lowest BCUT2D eigenvalue weighted by Gasteiger charge is -2.27. The monoisotopic (exact) mass is 405 g/mol. The van der Waals surface area contributed by atoms with Gasteiger partial charge < -0.3 is 9.64 Å². The maximum absolute atomic E-state index is 13.4. The number of hydrogen-bond acceptors (Lipinski definition) is 4. The SMILES string of the molecule is CCOC(=O)Nc1ccc2c(c1)N(C(=O)CN1CC=CC1=O)c1ccccc1CC2. The Morgan fingerprint density at radius 2 is 1.83 bits per heavy atom. The van der Waals surface area contributed by atoms with Gasteiger partial charge >= 0.3 is 6.09 Å². The Bertz CT molecular complexity index is 1030. The van der Waals surface area contributed by atoms with Crippen LogP contribution in [0, 0.1) is 0 Å². The summed E-state index contributed by atoms with van der Waals surface area (Å²) in [6.45, 7) is 2.42. The molecule has 7 nitrogen and oxygen atoms in total. The van der Waals surface area contributed by atoms with Crippen LogP contribution in [0.2, 0.25) is 0 Å². The summed E-state index contributed by atoms with van der Waals surface area (Å²) in [5.41, 5.74) is 4.11. The molecule has 0 unspecified atom stereocenters. The van der Waals surface area contributed by atoms with Gasteiger partial charge in [-0.05, 0) is 49.1 Å². The summed E-state index contributed by atoms with van der Waals surface area (Å²) in [4.78, 5) is 40.4. The second kappa shape index (κ2) is 8.41. The average molecular weight is 405 g/mol. The Labute approximate surface area is 174 Å². The fraction of sp³-hybridized carbons (Fsp3) is 0.261. The fourth-order valence-electron chi connectivity index (χ4n) is 3.81. The van der Waals surface area contributed by atoms with Gasteiger partial charge in [0.05, 0.1) is 18.0 Å². The zero-order valence-corrected chi connectivity index (χ0v) is 16.8. The van der Waals surface area contributed by atoms with Gasteiger partial charge in [-0.3, -0.25) is 19.8 Å². The van der Waals surface area contributed by atoms with E-state index in [9.17, 15) is 14.4 Å². The van der Waals surface area contributed by atoms with Crippen LogP contribution in [0.15, 0.2) is 54.6 Å². The summed E-state index contributed by atoms with van der Waals surface area (Å²) in [5.74, 6) is -0.361. The summed E-state index contributed by atoms with van der Waals surface area (Å²) in [6, 6.07) is 13.3. The molecule has 30 heavy (non-hydrogen) atoms. The molecule has 0 saturated heterocycles. The molecule has 3 amide bonds. The van der Waals surface area contributed by atoms with Crippen LogP contribution in [0.25, 0.3) is 0 Å². The highest BCUT2D eigenvalue weighted by atomic mass is 16.5. The van der Waals surface area contributed by atoms with Gasteiger partial charge in [-0.2, -0.15) is 0 Å². The van der Waals surface area contributed by atoms with Gasteiger partial charge in [-0.1, -0.05) is 30.3 Å². The first kappa shape index (κ1) is 19.7. The van der Waals surface area contributed by atoms with Crippen molar-refractivity contribution in [2.45, 2.75) is 19.8 Å². The van der Waals surface area contributed by atoms with Crippen LogP contribution < -0.4 is 10.2 Å². The number of para-hydroxylation sites is 1. The summed E-state index contributed by atoms with van der Waals surface area (Å²) < 4.78 is 4.96. The standard InChI is InChI=1S/C23H23N3O4/c1-2-30-23(29)24-18-12-11-17-10-9-16-6-3-4-7-19(16)26(20(17)14-18)22(28)15-25-13-5-8-21(25)27/h3-8,11-12,14H,2,9-10,13,15H2,1H3,(H,24,29). The van der Waals surface area contributed by atoms with Crippen molar-refractivity contribution in [3.05, 3.63) is 65.7 Å². The van der Waals surface area contributed by atoms with E-state index in [2.05, 4.69) is 5.32 Å². The van der Waals surface area contributed by atoms with Crippen LogP contribution in [0.1, 0.15) is 18.1 Å². The smallest absolute Gasteiger partial charge is 0.411 e. The van der Waals surface area contributed by atoms with E-state index in [4.69, 9.17) is 4.74 Å². The zero-order valence-electron chi connectivity index (χ0n) is 16.8. The number of nitrogens with one attached hydrogen (secondary N) is 1. The molecule has 0 saturated carbocycles. The Balaban J connectivity index is 1.72. The van der Waals surface area contributed by atoms with E-state index in [0.717, 1.165) is 29.7 Å². The summed E-state index contributed by atoms with van der Waals surface area (Å²) in [7, 11) is 0. The van der Waals surface area contributed by atoms with Crippen LogP contribution in [-0.4, -0.2) is 42.5 Å². The molecule has 2 aliphatic heterocycles. The van der Waals surface area contributed by atoms with Crippen molar-refractivity contribution >= 4 is 35.0 Å². The molecule has 1 N–H and O–H groups in total. The van der Waals surface area contributed by atoms with Gasteiger partial charge in [0.2, 0.25) is 5.91 Å². The lowest BCUT2D eigenvalue weighted by Crippen LogP contribution is -2.39. The quantitative estimate of drug-likeness (QED) is 0.845. The number of amides is 3. The van der Waals surface area contributed by atoms with Gasteiger partial charge in [-0.15, -0.1) is 0 Å². The molecule has 0 radical (unpaired) electrons. The van der Waals surface area contributed by atoms with Gasteiger partial charge in [0.25, 0.3) is 5.91 Å². The molecule has 2 heterocycles. The first-order valence-corrected chi connectivity index (χ1v) is 10.00. The number of carbonyl (C=O) groups excluding carboxylic acids is 3. The van der Waals surface area contributed by atoms with Crippen molar-refractivity contribution in [3.63, 3.8) is 0 Å². The van der Waals surface area contributed by atoms with Crippen molar-refractivity contribution in [1.29, 1.82) is 0 Å². The second-order valence-electron chi connectivity index (χ2n) is 7.17. The molecule has 0 spiro atoms. The zero-order chi connectivity index (χ0) is 21.1. The number of carbonyl (C=O) groups is 3. The van der Waals surface area contributed by atoms with E-state index >= 15 is 0 Å². The molecule has 2 aromatic carbocycles. The Morgan fingerprint density at radius 3 is 2.57 bits per heavy atom. The number of benzene rings is 2. The molecule has 7 heteroatoms. The highest BCUT2D eigenvalue weighted by Crippen LogP contribution is 2.37. The maximum Gasteiger partial charge on any atom is 0.411 e. The Morgan fingerprint density at radius 1 is 1.07 bits per heavy atom. The number of anilines is 3. The predicted molar refractivity (Wildman–Crippen MR) is 114 cm³/mol. The molecule has 0 fully saturated rings. The number of ether oxygens (including phenoxy) is 1. The molecular formula is C23H23N3O4. The van der Waals surface area contributed by atoms with Crippen LogP contribution >= 0.6 is 0 Å². The highest BCUT2D eigenvalue weighted by molar-refractivity contribution is 6.06. The highest BCUT2D eigenvalue weighted by Gasteiger charge is 2.29. The van der Waals surface area contributed by atoms with Crippen molar-refractivity contribution in [2.75, 3.05) is 29.9 Å². The number of aryl methyl sites for hydroxylation is 2. The van der Waals surface area contributed by atoms with Crippen molar-refractivity contribution in [2.24, 2.45) is 0 Å². The minimum Gasteiger partial charge on any atom is -0.450 e. The van der Waals surface area contributed by atoms with Crippen molar-refractivity contribution in [1.82, 2.24) is 4.90 Å². The van der Waals surface area contributed by atoms with E-state index in [-0.39, 0.29) is 25.0 Å². The van der Waals surface area contributed by atoms with Crippen LogP contribution in [0.4, 0.5) is 21.9 Å². The first-order chi connectivity index (χ1) is 14.6. The number of nitrogens with zero attached hydrogens (tertiary/aromatic N) is 2. The first-order valence-electron chi connectivity index (χ1n) is 10.00. The topological polar surface area (TPSA) is 79.0 Å². The normalized spacial score (nSPS) is 14.8. The molecule has 2 aliphatic rings. The number of rotatable bonds is 4. The van der Waals surface area contributed by atoms with Crippen LogP contribution in [0.3, 0.4) is 0 Å². The van der Waals surface area contributed by atoms with Gasteiger partial charge in [0.15, 0.2) is 0 Å². The summed E-state index contributed by atoms with van der Waals surface area (Å²) in [6.07, 6.45) is 4.25. The average Bonchev–Trinajstić information content (AvgIpc) is 3.04. The van der Waals surface area contributed by atoms with Gasteiger partial charge in [-0.25, -0.2) is 4.79 Å². The van der Waals surface area contributed by atoms with Gasteiger partial charge in [0, 0.05) is 18.3 Å². The molecular weight excluding hydrogens is 382 g/mol. The largest absolute Gasteiger partial charge is 0.450 e. The third kappa shape index (κ3) is 3.91. The maximum atomic E-state index is 13.4.